The van der Waals surface area contributed by atoms with E-state index in [-0.39, 0.29) is 57.1 Å². The molecule has 3 aliphatic rings. The number of ether oxygens (including phenoxy) is 4. The lowest BCUT2D eigenvalue weighted by Crippen LogP contribution is -2.70. The molecule has 1 saturated carbocycles. The van der Waals surface area contributed by atoms with Crippen molar-refractivity contribution in [3.8, 4) is 11.5 Å². The highest BCUT2D eigenvalue weighted by molar-refractivity contribution is 6.03. The lowest BCUT2D eigenvalue weighted by atomic mass is 9.55. The fourth-order valence-corrected chi connectivity index (χ4v) is 8.49. The van der Waals surface area contributed by atoms with E-state index >= 15 is 0 Å². The number of hydrogen-bond acceptors (Lipinski definition) is 10. The monoisotopic (exact) mass is 793 g/mol. The SMILES string of the molecule is C=CCOC12Oc3ccc(OC(=O)NCC)cc3C3C(CCCCO)C(CCCCO)C=C(C(=NOC(C)(C)C)CC1N(Cc1ccc(F)cc1)C(=O)OCC)C32. The first-order chi connectivity index (χ1) is 27.4. The summed E-state index contributed by atoms with van der Waals surface area (Å²) in [6, 6.07) is 10.4. The number of hydrogen-bond donors (Lipinski definition) is 3. The zero-order valence-electron chi connectivity index (χ0n) is 34.0. The molecule has 0 aromatic heterocycles. The van der Waals surface area contributed by atoms with Crippen molar-refractivity contribution >= 4 is 17.9 Å². The van der Waals surface area contributed by atoms with Crippen molar-refractivity contribution in [1.82, 2.24) is 10.2 Å². The fraction of sp³-hybridized carbons (Fsp3) is 0.568. The molecule has 1 heterocycles. The average Bonchev–Trinajstić information content (AvgIpc) is 3.17. The summed E-state index contributed by atoms with van der Waals surface area (Å²) < 4.78 is 39.8. The Bertz CT molecular complexity index is 1740. The highest BCUT2D eigenvalue weighted by Gasteiger charge is 2.65. The molecule has 12 nitrogen and oxygen atoms in total. The van der Waals surface area contributed by atoms with E-state index in [0.717, 1.165) is 36.8 Å². The molecule has 2 amide bonds. The second kappa shape index (κ2) is 19.8. The molecule has 5 rings (SSSR count). The molecule has 1 aliphatic heterocycles. The number of aliphatic hydroxyl groups excluding tert-OH is 2. The predicted molar refractivity (Wildman–Crippen MR) is 214 cm³/mol. The minimum Gasteiger partial charge on any atom is -0.459 e. The molecule has 2 aromatic rings. The third-order valence-corrected chi connectivity index (χ3v) is 10.8. The summed E-state index contributed by atoms with van der Waals surface area (Å²) in [7, 11) is 0. The van der Waals surface area contributed by atoms with Crippen molar-refractivity contribution in [2.24, 2.45) is 22.9 Å². The highest BCUT2D eigenvalue weighted by Crippen LogP contribution is 2.62. The molecule has 2 aromatic carbocycles. The maximum Gasteiger partial charge on any atom is 0.412 e. The molecule has 3 N–H and O–H groups in total. The van der Waals surface area contributed by atoms with E-state index in [1.54, 1.807) is 42.2 Å². The lowest BCUT2D eigenvalue weighted by Gasteiger charge is -2.60. The van der Waals surface area contributed by atoms with Gasteiger partial charge in [-0.05, 0) is 114 Å². The number of aliphatic hydroxyl groups is 2. The third kappa shape index (κ3) is 10.4. The molecule has 6 atom stereocenters. The second-order valence-electron chi connectivity index (χ2n) is 15.8. The van der Waals surface area contributed by atoms with Crippen LogP contribution in [0, 0.1) is 23.6 Å². The number of allylic oxidation sites excluding steroid dienone is 1. The van der Waals surface area contributed by atoms with Crippen molar-refractivity contribution in [1.29, 1.82) is 0 Å². The van der Waals surface area contributed by atoms with Gasteiger partial charge in [-0.15, -0.1) is 6.58 Å². The van der Waals surface area contributed by atoms with Crippen LogP contribution in [-0.4, -0.2) is 83.4 Å². The Kier molecular flexibility index (Phi) is 15.2. The highest BCUT2D eigenvalue weighted by atomic mass is 19.1. The smallest absolute Gasteiger partial charge is 0.412 e. The molecule has 57 heavy (non-hydrogen) atoms. The number of unbranched alkanes of at least 4 members (excludes halogenated alkanes) is 2. The van der Waals surface area contributed by atoms with Gasteiger partial charge < -0.3 is 39.3 Å². The molecule has 1 fully saturated rings. The number of carbonyl (C=O) groups excluding carboxylic acids is 2. The van der Waals surface area contributed by atoms with Crippen molar-refractivity contribution in [2.75, 3.05) is 33.0 Å². The van der Waals surface area contributed by atoms with E-state index in [1.165, 1.54) is 12.1 Å². The van der Waals surface area contributed by atoms with Gasteiger partial charge in [-0.25, -0.2) is 14.0 Å². The quantitative estimate of drug-likeness (QED) is 0.0775. The van der Waals surface area contributed by atoms with Crippen LogP contribution < -0.4 is 14.8 Å². The van der Waals surface area contributed by atoms with Crippen LogP contribution >= 0.6 is 0 Å². The van der Waals surface area contributed by atoms with Crippen molar-refractivity contribution in [3.63, 3.8) is 0 Å². The third-order valence-electron chi connectivity index (χ3n) is 10.8. The predicted octanol–water partition coefficient (Wildman–Crippen LogP) is 8.02. The minimum absolute atomic E-state index is 0.0132. The summed E-state index contributed by atoms with van der Waals surface area (Å²) in [5.41, 5.74) is 2.32. The van der Waals surface area contributed by atoms with Gasteiger partial charge in [0.05, 0.1) is 24.8 Å². The molecule has 0 bridgehead atoms. The van der Waals surface area contributed by atoms with E-state index in [2.05, 4.69) is 18.0 Å². The largest absolute Gasteiger partial charge is 0.459 e. The number of halogens is 1. The Balaban J connectivity index is 1.82. The molecule has 312 valence electrons. The van der Waals surface area contributed by atoms with Crippen molar-refractivity contribution < 1.29 is 48.0 Å². The summed E-state index contributed by atoms with van der Waals surface area (Å²) in [6.45, 7) is 14.0. The van der Waals surface area contributed by atoms with Gasteiger partial charge in [-0.2, -0.15) is 0 Å². The first-order valence-electron chi connectivity index (χ1n) is 20.3. The van der Waals surface area contributed by atoms with Gasteiger partial charge in [0.1, 0.15) is 29.0 Å². The second-order valence-corrected chi connectivity index (χ2v) is 15.8. The van der Waals surface area contributed by atoms with Gasteiger partial charge in [-0.3, -0.25) is 4.90 Å². The van der Waals surface area contributed by atoms with Crippen LogP contribution in [0.3, 0.4) is 0 Å². The number of nitrogens with zero attached hydrogens (tertiary/aromatic N) is 2. The Morgan fingerprint density at radius 3 is 2.44 bits per heavy atom. The summed E-state index contributed by atoms with van der Waals surface area (Å²) in [5, 5.41) is 27.2. The van der Waals surface area contributed by atoms with Crippen LogP contribution in [0.5, 0.6) is 11.5 Å². The van der Waals surface area contributed by atoms with E-state index in [0.29, 0.717) is 42.2 Å². The van der Waals surface area contributed by atoms with Gasteiger partial charge in [-0.1, -0.05) is 42.3 Å². The normalized spacial score (nSPS) is 24.3. The maximum absolute atomic E-state index is 14.3. The molecule has 0 spiro atoms. The number of fused-ring (bicyclic) bond motifs is 2. The van der Waals surface area contributed by atoms with Crippen molar-refractivity contribution in [3.05, 3.63) is 83.7 Å². The standard InChI is InChI=1S/C44H60FN3O9/c1-7-24-54-44-38(48(42(52)53-9-3)28-29-16-18-31(45)19-17-29)27-36(47-57-43(4,5)6)34-25-30(14-10-12-22-49)33(15-11-13-23-50)39(40(34)44)35-26-32(20-21-37(35)56-44)55-41(51)46-8-2/h7,16-21,25-26,30,33,38-40,49-50H,1,8-15,22-24,27-28H2,2-6H3,(H,46,51). The fourth-order valence-electron chi connectivity index (χ4n) is 8.49. The van der Waals surface area contributed by atoms with Crippen LogP contribution in [0.2, 0.25) is 0 Å². The number of amides is 2. The van der Waals surface area contributed by atoms with E-state index in [9.17, 15) is 24.2 Å². The summed E-state index contributed by atoms with van der Waals surface area (Å²) >= 11 is 0. The van der Waals surface area contributed by atoms with Crippen LogP contribution in [0.25, 0.3) is 0 Å². The molecule has 0 saturated heterocycles. The van der Waals surface area contributed by atoms with Crippen LogP contribution in [0.4, 0.5) is 14.0 Å². The minimum atomic E-state index is -1.53. The summed E-state index contributed by atoms with van der Waals surface area (Å²) in [4.78, 5) is 34.7. The summed E-state index contributed by atoms with van der Waals surface area (Å²) in [5.74, 6) is -2.01. The number of oxime groups is 1. The average molecular weight is 794 g/mol. The molecule has 2 aliphatic carbocycles. The van der Waals surface area contributed by atoms with Gasteiger partial charge in [0, 0.05) is 44.2 Å². The Morgan fingerprint density at radius 2 is 1.79 bits per heavy atom. The van der Waals surface area contributed by atoms with E-state index in [4.69, 9.17) is 28.9 Å². The van der Waals surface area contributed by atoms with Crippen LogP contribution in [-0.2, 0) is 20.9 Å². The molecule has 0 radical (unpaired) electrons. The number of carbonyl (C=O) groups is 2. The summed E-state index contributed by atoms with van der Waals surface area (Å²) in [6.07, 6.45) is 7.16. The first kappa shape index (κ1) is 43.7. The number of nitrogens with one attached hydrogen (secondary N) is 1. The first-order valence-corrected chi connectivity index (χ1v) is 20.3. The Morgan fingerprint density at radius 1 is 1.07 bits per heavy atom. The Hall–Kier alpha value is -4.46. The van der Waals surface area contributed by atoms with E-state index < -0.39 is 41.4 Å². The van der Waals surface area contributed by atoms with Gasteiger partial charge >= 0.3 is 12.2 Å². The zero-order chi connectivity index (χ0) is 41.2. The van der Waals surface area contributed by atoms with Gasteiger partial charge in [0.15, 0.2) is 0 Å². The molecule has 6 unspecified atom stereocenters. The Labute approximate surface area is 336 Å². The topological polar surface area (TPSA) is 148 Å². The molecular formula is C44H60FN3O9. The van der Waals surface area contributed by atoms with Gasteiger partial charge in [0.2, 0.25) is 5.79 Å². The number of rotatable bonds is 18. The van der Waals surface area contributed by atoms with Crippen LogP contribution in [0.1, 0.15) is 96.6 Å². The van der Waals surface area contributed by atoms with Crippen LogP contribution in [0.15, 0.2) is 71.9 Å². The van der Waals surface area contributed by atoms with Gasteiger partial charge in [0.25, 0.3) is 0 Å². The number of benzene rings is 2. The molecular weight excluding hydrogens is 733 g/mol. The van der Waals surface area contributed by atoms with Crippen molar-refractivity contribution in [2.45, 2.75) is 109 Å². The lowest BCUT2D eigenvalue weighted by molar-refractivity contribution is -0.256. The molecule has 13 heteroatoms. The zero-order valence-corrected chi connectivity index (χ0v) is 34.0. The van der Waals surface area contributed by atoms with E-state index in [1.807, 2.05) is 33.8 Å². The maximum atomic E-state index is 14.3.